The average molecular weight is 585 g/mol. The number of nitrogens with two attached hydrogens (primary N) is 3. The summed E-state index contributed by atoms with van der Waals surface area (Å²) in [7, 11) is 2.88. The second kappa shape index (κ2) is 9.82. The van der Waals surface area contributed by atoms with Gasteiger partial charge in [0.2, 0.25) is 5.91 Å². The number of carbonyl (C=O) groups is 5. The van der Waals surface area contributed by atoms with Crippen molar-refractivity contribution in [3.63, 3.8) is 0 Å². The van der Waals surface area contributed by atoms with Gasteiger partial charge in [-0.3, -0.25) is 28.9 Å². The number of rotatable bonds is 2. The second-order valence-corrected chi connectivity index (χ2v) is 12.6. The van der Waals surface area contributed by atoms with E-state index in [9.17, 15) is 39.6 Å². The molecule has 2 unspecified atom stereocenters. The van der Waals surface area contributed by atoms with Gasteiger partial charge in [0.25, 0.3) is 0 Å². The Hall–Kier alpha value is -4.41. The first-order valence-electron chi connectivity index (χ1n) is 14.1. The van der Waals surface area contributed by atoms with Crippen LogP contribution in [0.1, 0.15) is 60.0 Å². The number of likely N-dealkylation sites (N-methyl/N-ethyl adjacent to an activating group) is 1. The van der Waals surface area contributed by atoms with Gasteiger partial charge in [0.1, 0.15) is 17.1 Å². The normalized spacial score (nSPS) is 34.5. The van der Waals surface area contributed by atoms with Crippen molar-refractivity contribution >= 4 is 29.0 Å². The van der Waals surface area contributed by atoms with Crippen LogP contribution in [0.4, 0.5) is 0 Å². The van der Waals surface area contributed by atoms with Crippen molar-refractivity contribution < 1.29 is 29.1 Å². The SMILES string of the molecule is CN(C)[C@@H]1C(=O)C(C(N)=O)C(=O)[C@@]2(C#N)C(=O)C3C(=O)c4c(O)ccc(C#CC5(C#N)CCCCC5)c4C[C@@]3(N)C[C@@]12N. The fourth-order valence-electron chi connectivity index (χ4n) is 7.93. The zero-order valence-electron chi connectivity index (χ0n) is 23.9. The Kier molecular flexibility index (Phi) is 6.86. The van der Waals surface area contributed by atoms with Gasteiger partial charge in [-0.2, -0.15) is 10.5 Å². The standard InChI is InChI=1S/C31H32N6O6/c1-37(2)24-23(40)20(27(34)43)25(41)30(15-33)26(42)21-22(39)19-17(12-29(21,35)13-31(24,30)36)16(6-7-18(19)38)8-11-28(14-32)9-4-3-5-10-28/h6-7,20-21,24,38H,3-5,9-10,12-13,35-36H2,1-2H3,(H2,34,43)/t20?,21?,24-,29-,30+,31-/m1/s1. The van der Waals surface area contributed by atoms with Gasteiger partial charge in [-0.15, -0.1) is 0 Å². The van der Waals surface area contributed by atoms with Gasteiger partial charge >= 0.3 is 0 Å². The number of phenolic OH excluding ortho intramolecular Hbond substituents is 1. The van der Waals surface area contributed by atoms with Crippen molar-refractivity contribution in [2.75, 3.05) is 14.1 Å². The molecule has 3 saturated carbocycles. The van der Waals surface area contributed by atoms with Crippen molar-refractivity contribution in [3.8, 4) is 29.7 Å². The fourth-order valence-corrected chi connectivity index (χ4v) is 7.93. The molecule has 43 heavy (non-hydrogen) atoms. The van der Waals surface area contributed by atoms with Gasteiger partial charge in [0.05, 0.1) is 29.3 Å². The monoisotopic (exact) mass is 584 g/mol. The lowest BCUT2D eigenvalue weighted by Crippen LogP contribution is -2.85. The topological polar surface area (TPSA) is 234 Å². The van der Waals surface area contributed by atoms with Crippen molar-refractivity contribution in [3.05, 3.63) is 28.8 Å². The molecule has 0 saturated heterocycles. The summed E-state index contributed by atoms with van der Waals surface area (Å²) in [4.78, 5) is 69.4. The lowest BCUT2D eigenvalue weighted by molar-refractivity contribution is -0.166. The number of hydrogen-bond acceptors (Lipinski definition) is 11. The number of Topliss-reactive ketones (excluding diaryl/α,β-unsaturated/α-hetero) is 4. The molecule has 6 atom stereocenters. The van der Waals surface area contributed by atoms with Crippen LogP contribution in [-0.2, 0) is 25.6 Å². The van der Waals surface area contributed by atoms with E-state index in [2.05, 4.69) is 17.9 Å². The van der Waals surface area contributed by atoms with Crippen LogP contribution < -0.4 is 17.2 Å². The molecule has 0 aliphatic heterocycles. The average Bonchev–Trinajstić information content (AvgIpc) is 2.92. The van der Waals surface area contributed by atoms with E-state index in [0.717, 1.165) is 19.3 Å². The van der Waals surface area contributed by atoms with Crippen molar-refractivity contribution in [1.82, 2.24) is 4.90 Å². The lowest BCUT2D eigenvalue weighted by atomic mass is 9.42. The third kappa shape index (κ3) is 3.89. The summed E-state index contributed by atoms with van der Waals surface area (Å²) in [5.74, 6) is -4.14. The molecule has 12 heteroatoms. The first-order valence-corrected chi connectivity index (χ1v) is 14.1. The quantitative estimate of drug-likeness (QED) is 0.258. The van der Waals surface area contributed by atoms with E-state index in [0.29, 0.717) is 18.4 Å². The molecule has 5 rings (SSSR count). The molecular weight excluding hydrogens is 552 g/mol. The lowest BCUT2D eigenvalue weighted by Gasteiger charge is -2.60. The molecule has 4 aliphatic rings. The number of nitrogens with zero attached hydrogens (tertiary/aromatic N) is 3. The van der Waals surface area contributed by atoms with Crippen LogP contribution in [-0.4, -0.2) is 70.3 Å². The number of benzene rings is 1. The molecule has 0 spiro atoms. The van der Waals surface area contributed by atoms with E-state index in [1.807, 2.05) is 0 Å². The van der Waals surface area contributed by atoms with Crippen LogP contribution in [0.15, 0.2) is 12.1 Å². The summed E-state index contributed by atoms with van der Waals surface area (Å²) in [5, 5.41) is 31.2. The van der Waals surface area contributed by atoms with E-state index < -0.39 is 81.0 Å². The Labute approximate surface area is 248 Å². The number of fused-ring (bicyclic) bond motifs is 3. The molecule has 0 aromatic heterocycles. The Morgan fingerprint density at radius 3 is 2.23 bits per heavy atom. The van der Waals surface area contributed by atoms with E-state index in [4.69, 9.17) is 17.2 Å². The van der Waals surface area contributed by atoms with Gasteiger partial charge < -0.3 is 22.3 Å². The van der Waals surface area contributed by atoms with Crippen LogP contribution in [0.25, 0.3) is 0 Å². The highest BCUT2D eigenvalue weighted by Crippen LogP contribution is 2.56. The molecule has 0 bridgehead atoms. The summed E-state index contributed by atoms with van der Waals surface area (Å²) >= 11 is 0. The molecule has 3 fully saturated rings. The number of carbonyl (C=O) groups excluding carboxylic acids is 5. The Balaban J connectivity index is 1.71. The highest BCUT2D eigenvalue weighted by Gasteiger charge is 2.78. The highest BCUT2D eigenvalue weighted by atomic mass is 16.3. The summed E-state index contributed by atoms with van der Waals surface area (Å²) < 4.78 is 0. The van der Waals surface area contributed by atoms with Crippen molar-refractivity contribution in [1.29, 1.82) is 10.5 Å². The number of phenols is 1. The Bertz CT molecular complexity index is 1650. The summed E-state index contributed by atoms with van der Waals surface area (Å²) in [6, 6.07) is 5.27. The van der Waals surface area contributed by atoms with E-state index in [1.165, 1.54) is 31.1 Å². The van der Waals surface area contributed by atoms with E-state index in [1.54, 1.807) is 6.07 Å². The summed E-state index contributed by atoms with van der Waals surface area (Å²) in [6.07, 6.45) is 3.17. The minimum absolute atomic E-state index is 0.218. The van der Waals surface area contributed by atoms with Gasteiger partial charge in [0, 0.05) is 11.1 Å². The number of amides is 1. The predicted molar refractivity (Wildman–Crippen MR) is 149 cm³/mol. The number of aromatic hydroxyl groups is 1. The third-order valence-corrected chi connectivity index (χ3v) is 9.83. The van der Waals surface area contributed by atoms with Gasteiger partial charge in [-0.1, -0.05) is 31.1 Å². The van der Waals surface area contributed by atoms with Gasteiger partial charge in [-0.25, -0.2) is 0 Å². The largest absolute Gasteiger partial charge is 0.507 e. The maximum Gasteiger partial charge on any atom is 0.235 e. The minimum atomic E-state index is -2.80. The number of ketones is 4. The van der Waals surface area contributed by atoms with Crippen molar-refractivity contribution in [2.45, 2.75) is 62.1 Å². The second-order valence-electron chi connectivity index (χ2n) is 12.6. The Morgan fingerprint density at radius 2 is 1.67 bits per heavy atom. The molecule has 222 valence electrons. The van der Waals surface area contributed by atoms with E-state index >= 15 is 0 Å². The molecule has 7 N–H and O–H groups in total. The fraction of sp³-hybridized carbons (Fsp3) is 0.516. The van der Waals surface area contributed by atoms with Gasteiger partial charge in [0.15, 0.2) is 34.5 Å². The summed E-state index contributed by atoms with van der Waals surface area (Å²) in [6.45, 7) is 0. The zero-order chi connectivity index (χ0) is 31.7. The van der Waals surface area contributed by atoms with Gasteiger partial charge in [-0.05, 0) is 57.5 Å². The molecule has 1 aromatic rings. The number of nitriles is 2. The molecule has 0 radical (unpaired) electrons. The molecule has 4 aliphatic carbocycles. The van der Waals surface area contributed by atoms with Crippen LogP contribution in [0.5, 0.6) is 5.75 Å². The maximum atomic E-state index is 14.4. The van der Waals surface area contributed by atoms with Crippen LogP contribution in [0, 0.1) is 57.2 Å². The zero-order valence-corrected chi connectivity index (χ0v) is 23.9. The highest BCUT2D eigenvalue weighted by molar-refractivity contribution is 6.33. The minimum Gasteiger partial charge on any atom is -0.507 e. The maximum absolute atomic E-state index is 14.4. The molecule has 1 amide bonds. The van der Waals surface area contributed by atoms with Crippen molar-refractivity contribution in [2.24, 2.45) is 39.9 Å². The molecular formula is C31H32N6O6. The first-order chi connectivity index (χ1) is 20.1. The number of primary amides is 1. The molecule has 12 nitrogen and oxygen atoms in total. The Morgan fingerprint density at radius 1 is 1.02 bits per heavy atom. The smallest absolute Gasteiger partial charge is 0.235 e. The van der Waals surface area contributed by atoms with Crippen LogP contribution >= 0.6 is 0 Å². The van der Waals surface area contributed by atoms with Crippen LogP contribution in [0.2, 0.25) is 0 Å². The van der Waals surface area contributed by atoms with E-state index in [-0.39, 0.29) is 17.5 Å². The van der Waals surface area contributed by atoms with Crippen LogP contribution in [0.3, 0.4) is 0 Å². The summed E-state index contributed by atoms with van der Waals surface area (Å²) in [5.41, 5.74) is 11.7. The molecule has 1 aromatic carbocycles. The molecule has 0 heterocycles. The third-order valence-electron chi connectivity index (χ3n) is 9.83. The predicted octanol–water partition coefficient (Wildman–Crippen LogP) is -0.366. The number of hydrogen-bond donors (Lipinski definition) is 4. The first kappa shape index (κ1) is 30.1.